The van der Waals surface area contributed by atoms with Crippen LogP contribution in [0.15, 0.2) is 29.5 Å². The normalized spacial score (nSPS) is 19.3. The molecule has 2 aliphatic rings. The van der Waals surface area contributed by atoms with Crippen LogP contribution in [0.2, 0.25) is 0 Å². The summed E-state index contributed by atoms with van der Waals surface area (Å²) >= 11 is 0. The maximum atomic E-state index is 13.4. The molecule has 9 heteroatoms. The van der Waals surface area contributed by atoms with Gasteiger partial charge in [0.25, 0.3) is 0 Å². The topological polar surface area (TPSA) is 94.2 Å². The number of carbonyl (C=O) groups is 3. The standard InChI is InChI=1S/C27H41N5O4/c1-7-32-22(17-30-12-9-13-31(15-14-30)26(34)28-18(3)4)23(25(33)36-8-2)24(29-27(32)35)21-11-10-19(5)16-20(21)6/h10-11,16,18,24H,7-9,12-15,17H2,1-6H3,(H,28,34)(H,29,35). The molecular formula is C27H41N5O4. The molecule has 2 N–H and O–H groups in total. The number of rotatable bonds is 7. The smallest absolute Gasteiger partial charge is 0.338 e. The van der Waals surface area contributed by atoms with E-state index in [9.17, 15) is 14.4 Å². The molecule has 198 valence electrons. The summed E-state index contributed by atoms with van der Waals surface area (Å²) in [5.41, 5.74) is 4.16. The molecule has 36 heavy (non-hydrogen) atoms. The van der Waals surface area contributed by atoms with Crippen LogP contribution in [0.3, 0.4) is 0 Å². The highest BCUT2D eigenvalue weighted by Gasteiger charge is 2.39. The Balaban J connectivity index is 1.96. The number of hydrogen-bond acceptors (Lipinski definition) is 5. The van der Waals surface area contributed by atoms with Crippen LogP contribution in [0.5, 0.6) is 0 Å². The summed E-state index contributed by atoms with van der Waals surface area (Å²) in [7, 11) is 0. The molecule has 0 aliphatic carbocycles. The average molecular weight is 500 g/mol. The minimum absolute atomic E-state index is 0.0552. The first-order chi connectivity index (χ1) is 17.2. The molecule has 0 aromatic heterocycles. The average Bonchev–Trinajstić information content (AvgIpc) is 3.04. The van der Waals surface area contributed by atoms with Crippen molar-refractivity contribution in [3.63, 3.8) is 0 Å². The second kappa shape index (κ2) is 12.3. The zero-order valence-electron chi connectivity index (χ0n) is 22.5. The van der Waals surface area contributed by atoms with Crippen molar-refractivity contribution in [1.29, 1.82) is 0 Å². The fourth-order valence-electron chi connectivity index (χ4n) is 4.92. The van der Waals surface area contributed by atoms with Crippen molar-refractivity contribution in [3.05, 3.63) is 46.2 Å². The molecule has 1 aromatic rings. The van der Waals surface area contributed by atoms with E-state index >= 15 is 0 Å². The second-order valence-electron chi connectivity index (χ2n) is 9.79. The number of esters is 1. The highest BCUT2D eigenvalue weighted by Crippen LogP contribution is 2.34. The predicted octanol–water partition coefficient (Wildman–Crippen LogP) is 3.33. The Bertz CT molecular complexity index is 1010. The number of ether oxygens (including phenoxy) is 1. The summed E-state index contributed by atoms with van der Waals surface area (Å²) in [4.78, 5) is 44.8. The van der Waals surface area contributed by atoms with E-state index in [1.807, 2.05) is 51.7 Å². The third-order valence-corrected chi connectivity index (χ3v) is 6.65. The molecule has 2 heterocycles. The van der Waals surface area contributed by atoms with Crippen LogP contribution in [0.1, 0.15) is 56.8 Å². The van der Waals surface area contributed by atoms with E-state index in [2.05, 4.69) is 21.6 Å². The van der Waals surface area contributed by atoms with Gasteiger partial charge in [0, 0.05) is 51.0 Å². The fraction of sp³-hybridized carbons (Fsp3) is 0.593. The van der Waals surface area contributed by atoms with Gasteiger partial charge >= 0.3 is 18.0 Å². The van der Waals surface area contributed by atoms with Crippen molar-refractivity contribution in [2.75, 3.05) is 45.9 Å². The number of urea groups is 2. The Morgan fingerprint density at radius 1 is 1.14 bits per heavy atom. The number of benzene rings is 1. The highest BCUT2D eigenvalue weighted by atomic mass is 16.5. The van der Waals surface area contributed by atoms with Gasteiger partial charge in [-0.1, -0.05) is 23.8 Å². The molecule has 9 nitrogen and oxygen atoms in total. The first-order valence-electron chi connectivity index (χ1n) is 13.0. The Morgan fingerprint density at radius 2 is 1.89 bits per heavy atom. The van der Waals surface area contributed by atoms with E-state index < -0.39 is 12.0 Å². The van der Waals surface area contributed by atoms with Crippen molar-refractivity contribution in [2.45, 2.75) is 60.0 Å². The molecule has 1 aromatic carbocycles. The SMILES string of the molecule is CCOC(=O)C1=C(CN2CCCN(C(=O)NC(C)C)CC2)N(CC)C(=O)NC1c1ccc(C)cc1C. The van der Waals surface area contributed by atoms with Gasteiger partial charge in [-0.25, -0.2) is 14.4 Å². The number of aryl methyl sites for hydroxylation is 2. The van der Waals surface area contributed by atoms with Crippen molar-refractivity contribution < 1.29 is 19.1 Å². The van der Waals surface area contributed by atoms with Gasteiger partial charge in [0.1, 0.15) is 0 Å². The van der Waals surface area contributed by atoms with Crippen LogP contribution < -0.4 is 10.6 Å². The summed E-state index contributed by atoms with van der Waals surface area (Å²) in [5.74, 6) is -0.413. The van der Waals surface area contributed by atoms with Gasteiger partial charge in [-0.3, -0.25) is 9.80 Å². The lowest BCUT2D eigenvalue weighted by molar-refractivity contribution is -0.139. The maximum Gasteiger partial charge on any atom is 0.338 e. The van der Waals surface area contributed by atoms with Gasteiger partial charge in [0.05, 0.1) is 18.2 Å². The quantitative estimate of drug-likeness (QED) is 0.562. The number of nitrogens with one attached hydrogen (secondary N) is 2. The van der Waals surface area contributed by atoms with Crippen molar-refractivity contribution in [1.82, 2.24) is 25.3 Å². The zero-order valence-corrected chi connectivity index (χ0v) is 22.5. The Kier molecular flexibility index (Phi) is 9.37. The van der Waals surface area contributed by atoms with Gasteiger partial charge in [0.15, 0.2) is 0 Å². The minimum Gasteiger partial charge on any atom is -0.463 e. The summed E-state index contributed by atoms with van der Waals surface area (Å²) in [6.45, 7) is 15.4. The number of nitrogens with zero attached hydrogens (tertiary/aromatic N) is 3. The molecular weight excluding hydrogens is 458 g/mol. The Hall–Kier alpha value is -3.07. The molecule has 4 amide bonds. The molecule has 2 aliphatic heterocycles. The molecule has 0 saturated carbocycles. The first-order valence-corrected chi connectivity index (χ1v) is 13.0. The van der Waals surface area contributed by atoms with Crippen molar-refractivity contribution >= 4 is 18.0 Å². The van der Waals surface area contributed by atoms with Gasteiger partial charge < -0.3 is 20.3 Å². The van der Waals surface area contributed by atoms with Gasteiger partial charge in [-0.2, -0.15) is 0 Å². The summed E-state index contributed by atoms with van der Waals surface area (Å²) in [6.07, 6.45) is 0.812. The number of hydrogen-bond donors (Lipinski definition) is 2. The fourth-order valence-corrected chi connectivity index (χ4v) is 4.92. The second-order valence-corrected chi connectivity index (χ2v) is 9.79. The number of carbonyl (C=O) groups excluding carboxylic acids is 3. The lowest BCUT2D eigenvalue weighted by Crippen LogP contribution is -2.51. The molecule has 1 unspecified atom stereocenters. The molecule has 3 rings (SSSR count). The van der Waals surface area contributed by atoms with E-state index in [0.29, 0.717) is 44.0 Å². The third kappa shape index (κ3) is 6.37. The summed E-state index contributed by atoms with van der Waals surface area (Å²) < 4.78 is 5.50. The molecule has 1 atom stereocenters. The zero-order chi connectivity index (χ0) is 26.4. The lowest BCUT2D eigenvalue weighted by atomic mass is 9.90. The van der Waals surface area contributed by atoms with Crippen molar-refractivity contribution in [2.24, 2.45) is 0 Å². The molecule has 0 spiro atoms. The minimum atomic E-state index is -0.588. The van der Waals surface area contributed by atoms with E-state index in [0.717, 1.165) is 29.7 Å². The van der Waals surface area contributed by atoms with E-state index in [1.54, 1.807) is 11.8 Å². The van der Waals surface area contributed by atoms with Crippen LogP contribution in [-0.4, -0.2) is 84.6 Å². The number of likely N-dealkylation sites (N-methyl/N-ethyl adjacent to an activating group) is 1. The maximum absolute atomic E-state index is 13.4. The van der Waals surface area contributed by atoms with Crippen LogP contribution in [-0.2, 0) is 9.53 Å². The predicted molar refractivity (Wildman–Crippen MR) is 140 cm³/mol. The Labute approximate surface area is 214 Å². The monoisotopic (exact) mass is 499 g/mol. The van der Waals surface area contributed by atoms with E-state index in [4.69, 9.17) is 4.74 Å². The first kappa shape index (κ1) is 27.5. The third-order valence-electron chi connectivity index (χ3n) is 6.65. The summed E-state index contributed by atoms with van der Waals surface area (Å²) in [5, 5.41) is 6.02. The lowest BCUT2D eigenvalue weighted by Gasteiger charge is -2.38. The van der Waals surface area contributed by atoms with Crippen LogP contribution >= 0.6 is 0 Å². The van der Waals surface area contributed by atoms with Crippen LogP contribution in [0, 0.1) is 13.8 Å². The molecule has 1 fully saturated rings. The van der Waals surface area contributed by atoms with Gasteiger partial charge in [0.2, 0.25) is 0 Å². The van der Waals surface area contributed by atoms with Crippen LogP contribution in [0.25, 0.3) is 0 Å². The van der Waals surface area contributed by atoms with Gasteiger partial charge in [-0.05, 0) is 59.1 Å². The van der Waals surface area contributed by atoms with E-state index in [-0.39, 0.29) is 24.7 Å². The molecule has 1 saturated heterocycles. The number of amides is 4. The molecule has 0 radical (unpaired) electrons. The van der Waals surface area contributed by atoms with Crippen LogP contribution in [0.4, 0.5) is 9.59 Å². The van der Waals surface area contributed by atoms with Crippen molar-refractivity contribution in [3.8, 4) is 0 Å². The van der Waals surface area contributed by atoms with E-state index in [1.165, 1.54) is 0 Å². The highest BCUT2D eigenvalue weighted by molar-refractivity contribution is 5.95. The Morgan fingerprint density at radius 3 is 2.53 bits per heavy atom. The largest absolute Gasteiger partial charge is 0.463 e. The van der Waals surface area contributed by atoms with Gasteiger partial charge in [-0.15, -0.1) is 0 Å². The summed E-state index contributed by atoms with van der Waals surface area (Å²) in [6, 6.07) is 5.24. The molecule has 0 bridgehead atoms.